The minimum Gasteiger partial charge on any atom is -0.475 e. The van der Waals surface area contributed by atoms with Crippen molar-refractivity contribution in [2.45, 2.75) is 24.9 Å². The van der Waals surface area contributed by atoms with E-state index in [9.17, 15) is 19.5 Å². The number of hydrogen-bond donors (Lipinski definition) is 1. The van der Waals surface area contributed by atoms with Gasteiger partial charge < -0.3 is 14.6 Å². The van der Waals surface area contributed by atoms with Crippen molar-refractivity contribution < 1.29 is 29.0 Å². The molecule has 0 atom stereocenters. The summed E-state index contributed by atoms with van der Waals surface area (Å²) in [5.41, 5.74) is 0.0644. The number of esters is 1. The van der Waals surface area contributed by atoms with Gasteiger partial charge in [-0.2, -0.15) is 0 Å². The van der Waals surface area contributed by atoms with Crippen LogP contribution >= 0.6 is 23.2 Å². The molecular formula is C22H17Cl2NO6. The molecule has 2 amide bonds. The zero-order valence-corrected chi connectivity index (χ0v) is 17.9. The molecule has 4 rings (SSSR count). The van der Waals surface area contributed by atoms with Gasteiger partial charge >= 0.3 is 12.1 Å². The van der Waals surface area contributed by atoms with Crippen molar-refractivity contribution in [2.75, 3.05) is 12.0 Å². The summed E-state index contributed by atoms with van der Waals surface area (Å²) in [6.45, 7) is 0. The number of hydrogen-bond acceptors (Lipinski definition) is 5. The van der Waals surface area contributed by atoms with Gasteiger partial charge in [0.2, 0.25) is 5.60 Å². The number of carbonyl (C=O) groups excluding carboxylic acids is 2. The molecule has 2 aromatic rings. The molecule has 0 spiro atoms. The fourth-order valence-corrected chi connectivity index (χ4v) is 4.06. The fraction of sp³-hybridized carbons (Fsp3) is 0.227. The van der Waals surface area contributed by atoms with Crippen LogP contribution in [0.5, 0.6) is 5.75 Å². The summed E-state index contributed by atoms with van der Waals surface area (Å²) in [5.74, 6) is -0.859. The van der Waals surface area contributed by atoms with Gasteiger partial charge in [0.15, 0.2) is 0 Å². The molecule has 1 heterocycles. The van der Waals surface area contributed by atoms with Crippen molar-refractivity contribution >= 4 is 58.5 Å². The molecule has 1 aliphatic carbocycles. The van der Waals surface area contributed by atoms with Crippen LogP contribution in [-0.2, 0) is 14.3 Å². The predicted molar refractivity (Wildman–Crippen MR) is 116 cm³/mol. The smallest absolute Gasteiger partial charge is 0.419 e. The van der Waals surface area contributed by atoms with Crippen molar-refractivity contribution in [2.24, 2.45) is 0 Å². The van der Waals surface area contributed by atoms with Gasteiger partial charge in [0.1, 0.15) is 5.75 Å². The first-order valence-corrected chi connectivity index (χ1v) is 10.2. The highest BCUT2D eigenvalue weighted by molar-refractivity contribution is 6.42. The second-order valence-electron chi connectivity index (χ2n) is 7.27. The summed E-state index contributed by atoms with van der Waals surface area (Å²) in [4.78, 5) is 37.5. The van der Waals surface area contributed by atoms with Crippen LogP contribution < -0.4 is 9.64 Å². The number of fused-ring (bicyclic) bond motifs is 1. The second kappa shape index (κ2) is 7.90. The van der Waals surface area contributed by atoms with Crippen LogP contribution in [0.2, 0.25) is 10.0 Å². The zero-order valence-electron chi connectivity index (χ0n) is 16.4. The molecule has 2 aliphatic rings. The van der Waals surface area contributed by atoms with Gasteiger partial charge in [0.05, 0.1) is 18.4 Å². The van der Waals surface area contributed by atoms with E-state index in [2.05, 4.69) is 0 Å². The van der Waals surface area contributed by atoms with Crippen LogP contribution in [-0.4, -0.2) is 35.8 Å². The number of anilines is 1. The zero-order chi connectivity index (χ0) is 22.3. The largest absolute Gasteiger partial charge is 0.475 e. The van der Waals surface area contributed by atoms with Crippen LogP contribution in [0.15, 0.2) is 36.4 Å². The van der Waals surface area contributed by atoms with Crippen molar-refractivity contribution in [1.82, 2.24) is 0 Å². The maximum atomic E-state index is 12.9. The first-order valence-electron chi connectivity index (χ1n) is 9.42. The molecule has 160 valence electrons. The number of imide groups is 1. The fourth-order valence-electron chi connectivity index (χ4n) is 3.71. The molecule has 9 heteroatoms. The minimum atomic E-state index is -1.42. The number of ether oxygens (including phenoxy) is 2. The van der Waals surface area contributed by atoms with E-state index < -0.39 is 23.6 Å². The SMILES string of the molecule is COC(=O)C1(Oc2ccc(Cl)cc2/C=C2\C(=O)N(C(=O)O)c3cc(Cl)ccc32)CCC1. The predicted octanol–water partition coefficient (Wildman–Crippen LogP) is 5.03. The summed E-state index contributed by atoms with van der Waals surface area (Å²) in [7, 11) is 1.30. The van der Waals surface area contributed by atoms with E-state index in [1.54, 1.807) is 30.3 Å². The topological polar surface area (TPSA) is 93.1 Å². The molecule has 1 fully saturated rings. The Kier molecular flexibility index (Phi) is 5.41. The lowest BCUT2D eigenvalue weighted by molar-refractivity contribution is -0.167. The van der Waals surface area contributed by atoms with E-state index in [0.29, 0.717) is 44.7 Å². The summed E-state index contributed by atoms with van der Waals surface area (Å²) < 4.78 is 11.0. The van der Waals surface area contributed by atoms with E-state index >= 15 is 0 Å². The Labute approximate surface area is 187 Å². The van der Waals surface area contributed by atoms with Gasteiger partial charge in [-0.1, -0.05) is 29.3 Å². The van der Waals surface area contributed by atoms with E-state index in [-0.39, 0.29) is 11.3 Å². The molecule has 31 heavy (non-hydrogen) atoms. The summed E-state index contributed by atoms with van der Waals surface area (Å²) >= 11 is 12.2. The van der Waals surface area contributed by atoms with Gasteiger partial charge in [-0.3, -0.25) is 4.79 Å². The molecular weight excluding hydrogens is 445 g/mol. The third kappa shape index (κ3) is 3.64. The van der Waals surface area contributed by atoms with Crippen LogP contribution in [0.4, 0.5) is 10.5 Å². The highest BCUT2D eigenvalue weighted by atomic mass is 35.5. The van der Waals surface area contributed by atoms with Gasteiger partial charge in [-0.15, -0.1) is 0 Å². The Morgan fingerprint density at radius 1 is 1.13 bits per heavy atom. The van der Waals surface area contributed by atoms with Gasteiger partial charge in [-0.25, -0.2) is 14.5 Å². The Morgan fingerprint density at radius 3 is 2.42 bits per heavy atom. The van der Waals surface area contributed by atoms with Crippen LogP contribution in [0.3, 0.4) is 0 Å². The highest BCUT2D eigenvalue weighted by Gasteiger charge is 2.48. The second-order valence-corrected chi connectivity index (χ2v) is 8.14. The molecule has 7 nitrogen and oxygen atoms in total. The standard InChI is InChI=1S/C22H17Cl2NO6/c1-30-20(27)22(7-2-8-22)31-18-6-4-13(23)9-12(18)10-16-15-5-3-14(24)11-17(15)25(19(16)26)21(28)29/h3-6,9-11H,2,7-8H2,1H3,(H,28,29)/b16-10-. The van der Waals surface area contributed by atoms with Crippen LogP contribution in [0.1, 0.15) is 30.4 Å². The maximum Gasteiger partial charge on any atom is 0.419 e. The lowest BCUT2D eigenvalue weighted by Crippen LogP contribution is -2.51. The molecule has 0 aromatic heterocycles. The third-order valence-electron chi connectivity index (χ3n) is 5.41. The lowest BCUT2D eigenvalue weighted by Gasteiger charge is -2.39. The molecule has 0 radical (unpaired) electrons. The van der Waals surface area contributed by atoms with E-state index in [1.807, 2.05) is 0 Å². The Hall–Kier alpha value is -3.03. The van der Waals surface area contributed by atoms with Crippen molar-refractivity contribution in [3.8, 4) is 5.75 Å². The van der Waals surface area contributed by atoms with E-state index in [4.69, 9.17) is 32.7 Å². The van der Waals surface area contributed by atoms with Crippen molar-refractivity contribution in [3.05, 3.63) is 57.6 Å². The van der Waals surface area contributed by atoms with Gasteiger partial charge in [-0.05, 0) is 55.7 Å². The molecule has 1 aliphatic heterocycles. The van der Waals surface area contributed by atoms with Gasteiger partial charge in [0.25, 0.3) is 5.91 Å². The van der Waals surface area contributed by atoms with Crippen LogP contribution in [0.25, 0.3) is 11.6 Å². The summed E-state index contributed by atoms with van der Waals surface area (Å²) in [6.07, 6.45) is 1.91. The number of benzene rings is 2. The molecule has 0 unspecified atom stereocenters. The molecule has 0 bridgehead atoms. The maximum absolute atomic E-state index is 12.9. The first kappa shape index (κ1) is 21.2. The first-order chi connectivity index (χ1) is 14.8. The molecule has 1 saturated carbocycles. The number of carboxylic acid groups (broad SMARTS) is 1. The number of rotatable bonds is 4. The normalized spacial score (nSPS) is 17.8. The Morgan fingerprint density at radius 2 is 1.81 bits per heavy atom. The van der Waals surface area contributed by atoms with Crippen molar-refractivity contribution in [1.29, 1.82) is 0 Å². The quantitative estimate of drug-likeness (QED) is 0.506. The average molecular weight is 462 g/mol. The molecule has 1 N–H and O–H groups in total. The molecule has 2 aromatic carbocycles. The average Bonchev–Trinajstić information content (AvgIpc) is 2.96. The lowest BCUT2D eigenvalue weighted by atomic mass is 9.80. The molecule has 0 saturated heterocycles. The van der Waals surface area contributed by atoms with E-state index in [1.165, 1.54) is 19.3 Å². The minimum absolute atomic E-state index is 0.141. The summed E-state index contributed by atoms with van der Waals surface area (Å²) in [6, 6.07) is 9.37. The summed E-state index contributed by atoms with van der Waals surface area (Å²) in [5, 5.41) is 10.2. The van der Waals surface area contributed by atoms with Gasteiger partial charge in [0, 0.05) is 21.2 Å². The van der Waals surface area contributed by atoms with Crippen LogP contribution in [0, 0.1) is 0 Å². The number of carbonyl (C=O) groups is 3. The third-order valence-corrected chi connectivity index (χ3v) is 5.88. The number of halogens is 2. The van der Waals surface area contributed by atoms with E-state index in [0.717, 1.165) is 6.42 Å². The monoisotopic (exact) mass is 461 g/mol. The highest BCUT2D eigenvalue weighted by Crippen LogP contribution is 2.43. The number of nitrogens with zero attached hydrogens (tertiary/aromatic N) is 1. The Bertz CT molecular complexity index is 1140. The Balaban J connectivity index is 1.81. The number of methoxy groups -OCH3 is 1. The number of amides is 2. The van der Waals surface area contributed by atoms with Crippen molar-refractivity contribution in [3.63, 3.8) is 0 Å².